The highest BCUT2D eigenvalue weighted by Crippen LogP contribution is 2.23. The van der Waals surface area contributed by atoms with Gasteiger partial charge in [-0.25, -0.2) is 14.7 Å². The molecule has 0 fully saturated rings. The SMILES string of the molecule is C=C/C=N\c1c(C(N)=O)c(N)nn1C.CCc1nc2cccc(C#Cc3nnc(C)s3)c2c(=O)n1-c1ccccc1. The molecule has 0 aliphatic rings. The number of hydrogen-bond acceptors (Lipinski definition) is 9. The van der Waals surface area contributed by atoms with Crippen LogP contribution in [0.4, 0.5) is 11.6 Å². The molecule has 0 radical (unpaired) electrons. The molecule has 0 aliphatic heterocycles. The van der Waals surface area contributed by atoms with Crippen molar-refractivity contribution in [1.82, 2.24) is 29.5 Å². The number of hydrogen-bond donors (Lipinski definition) is 2. The Hall–Kier alpha value is -5.41. The number of benzene rings is 2. The fourth-order valence-electron chi connectivity index (χ4n) is 3.97. The molecule has 12 heteroatoms. The zero-order valence-electron chi connectivity index (χ0n) is 22.7. The minimum Gasteiger partial charge on any atom is -0.381 e. The molecule has 0 aliphatic carbocycles. The van der Waals surface area contributed by atoms with Crippen molar-refractivity contribution in [2.75, 3.05) is 5.73 Å². The Morgan fingerprint density at radius 3 is 2.54 bits per heavy atom. The van der Waals surface area contributed by atoms with E-state index in [9.17, 15) is 9.59 Å². The average Bonchev–Trinajstić information content (AvgIpc) is 3.51. The molecular weight excluding hydrogens is 538 g/mol. The van der Waals surface area contributed by atoms with E-state index < -0.39 is 5.91 Å². The number of rotatable bonds is 5. The van der Waals surface area contributed by atoms with E-state index in [0.717, 1.165) is 16.5 Å². The van der Waals surface area contributed by atoms with Crippen molar-refractivity contribution in [2.24, 2.45) is 17.8 Å². The summed E-state index contributed by atoms with van der Waals surface area (Å²) >= 11 is 1.43. The first-order valence-corrected chi connectivity index (χ1v) is 13.3. The second kappa shape index (κ2) is 12.6. The van der Waals surface area contributed by atoms with Crippen LogP contribution in [0.2, 0.25) is 0 Å². The highest BCUT2D eigenvalue weighted by molar-refractivity contribution is 7.11. The Balaban J connectivity index is 0.000000234. The molecule has 1 amide bonds. The Kier molecular flexibility index (Phi) is 8.81. The molecule has 2 aromatic carbocycles. The summed E-state index contributed by atoms with van der Waals surface area (Å²) in [6.45, 7) is 7.34. The van der Waals surface area contributed by atoms with E-state index in [1.807, 2.05) is 62.4 Å². The third-order valence-electron chi connectivity index (χ3n) is 5.72. The van der Waals surface area contributed by atoms with E-state index in [4.69, 9.17) is 16.5 Å². The number of nitrogens with zero attached hydrogens (tertiary/aromatic N) is 7. The van der Waals surface area contributed by atoms with E-state index in [2.05, 4.69) is 38.7 Å². The van der Waals surface area contributed by atoms with Gasteiger partial charge in [-0.05, 0) is 37.1 Å². The monoisotopic (exact) mass is 565 g/mol. The van der Waals surface area contributed by atoms with Crippen molar-refractivity contribution in [2.45, 2.75) is 20.3 Å². The number of aromatic nitrogens is 6. The number of allylic oxidation sites excluding steroid dienone is 1. The Morgan fingerprint density at radius 1 is 1.15 bits per heavy atom. The lowest BCUT2D eigenvalue weighted by molar-refractivity contribution is 0.100. The van der Waals surface area contributed by atoms with Crippen LogP contribution < -0.4 is 17.0 Å². The number of fused-ring (bicyclic) bond motifs is 1. The normalized spacial score (nSPS) is 10.6. The maximum atomic E-state index is 13.4. The second-order valence-corrected chi connectivity index (χ2v) is 9.70. The molecule has 3 aromatic heterocycles. The van der Waals surface area contributed by atoms with Gasteiger partial charge < -0.3 is 11.5 Å². The molecule has 206 valence electrons. The molecule has 0 unspecified atom stereocenters. The predicted molar refractivity (Wildman–Crippen MR) is 162 cm³/mol. The van der Waals surface area contributed by atoms with Gasteiger partial charge in [0, 0.05) is 25.2 Å². The van der Waals surface area contributed by atoms with Crippen molar-refractivity contribution in [3.05, 3.63) is 98.5 Å². The van der Waals surface area contributed by atoms with Gasteiger partial charge in [-0.15, -0.1) is 10.2 Å². The molecule has 0 bridgehead atoms. The van der Waals surface area contributed by atoms with Gasteiger partial charge in [0.15, 0.2) is 16.6 Å². The number of nitrogen functional groups attached to an aromatic ring is 1. The third kappa shape index (κ3) is 6.26. The van der Waals surface area contributed by atoms with Gasteiger partial charge >= 0.3 is 0 Å². The van der Waals surface area contributed by atoms with E-state index in [1.165, 1.54) is 28.3 Å². The molecule has 0 atom stereocenters. The second-order valence-electron chi connectivity index (χ2n) is 8.52. The van der Waals surface area contributed by atoms with Crippen LogP contribution in [0.1, 0.15) is 38.7 Å². The first-order valence-electron chi connectivity index (χ1n) is 12.4. The first kappa shape index (κ1) is 28.6. The lowest BCUT2D eigenvalue weighted by Crippen LogP contribution is -2.24. The van der Waals surface area contributed by atoms with Gasteiger partial charge in [-0.2, -0.15) is 5.10 Å². The van der Waals surface area contributed by atoms with Crippen LogP contribution in [-0.4, -0.2) is 41.7 Å². The van der Waals surface area contributed by atoms with Crippen LogP contribution in [0.15, 0.2) is 71.0 Å². The summed E-state index contributed by atoms with van der Waals surface area (Å²) in [4.78, 5) is 33.0. The number of primary amides is 1. The largest absolute Gasteiger partial charge is 0.381 e. The maximum absolute atomic E-state index is 13.4. The fourth-order valence-corrected chi connectivity index (χ4v) is 4.52. The van der Waals surface area contributed by atoms with Crippen molar-refractivity contribution in [3.8, 4) is 17.5 Å². The summed E-state index contributed by atoms with van der Waals surface area (Å²) in [5.41, 5.74) is 12.7. The van der Waals surface area contributed by atoms with E-state index >= 15 is 0 Å². The van der Waals surface area contributed by atoms with Crippen LogP contribution >= 0.6 is 11.3 Å². The topological polar surface area (TPSA) is 160 Å². The van der Waals surface area contributed by atoms with Crippen LogP contribution in [0, 0.1) is 18.8 Å². The highest BCUT2D eigenvalue weighted by atomic mass is 32.1. The summed E-state index contributed by atoms with van der Waals surface area (Å²) in [6, 6.07) is 15.1. The number of para-hydroxylation sites is 1. The van der Waals surface area contributed by atoms with Gasteiger partial charge in [-0.1, -0.05) is 61.1 Å². The van der Waals surface area contributed by atoms with Gasteiger partial charge in [0.2, 0.25) is 0 Å². The van der Waals surface area contributed by atoms with Gasteiger partial charge in [-0.3, -0.25) is 14.2 Å². The molecule has 5 aromatic rings. The van der Waals surface area contributed by atoms with Crippen LogP contribution in [0.5, 0.6) is 0 Å². The van der Waals surface area contributed by atoms with E-state index in [-0.39, 0.29) is 16.9 Å². The molecule has 4 N–H and O–H groups in total. The minimum absolute atomic E-state index is 0.0798. The van der Waals surface area contributed by atoms with E-state index in [1.54, 1.807) is 11.6 Å². The lowest BCUT2D eigenvalue weighted by Gasteiger charge is -2.13. The van der Waals surface area contributed by atoms with Gasteiger partial charge in [0.25, 0.3) is 11.5 Å². The number of carbonyl (C=O) groups is 1. The molecule has 3 heterocycles. The molecule has 41 heavy (non-hydrogen) atoms. The summed E-state index contributed by atoms with van der Waals surface area (Å²) in [5, 5.41) is 13.8. The van der Waals surface area contributed by atoms with Crippen LogP contribution in [0.25, 0.3) is 16.6 Å². The quantitative estimate of drug-likeness (QED) is 0.244. The average molecular weight is 566 g/mol. The molecule has 11 nitrogen and oxygen atoms in total. The number of carbonyl (C=O) groups excluding carboxylic acids is 1. The molecular formula is C29H27N9O2S. The number of aliphatic imine (C=N–C) groups is 1. The fraction of sp³-hybridized carbons (Fsp3) is 0.138. The molecule has 0 saturated carbocycles. The zero-order valence-corrected chi connectivity index (χ0v) is 23.5. The smallest absolute Gasteiger partial charge is 0.267 e. The first-order chi connectivity index (χ1) is 19.7. The summed E-state index contributed by atoms with van der Waals surface area (Å²) in [5.74, 6) is 6.57. The number of aryl methyl sites for hydroxylation is 3. The van der Waals surface area contributed by atoms with E-state index in [0.29, 0.717) is 33.7 Å². The summed E-state index contributed by atoms with van der Waals surface area (Å²) < 4.78 is 3.05. The predicted octanol–water partition coefficient (Wildman–Crippen LogP) is 3.50. The minimum atomic E-state index is -0.646. The van der Waals surface area contributed by atoms with Gasteiger partial charge in [0.1, 0.15) is 16.4 Å². The van der Waals surface area contributed by atoms with Crippen molar-refractivity contribution < 1.29 is 4.79 Å². The highest BCUT2D eigenvalue weighted by Gasteiger charge is 2.17. The van der Waals surface area contributed by atoms with Crippen LogP contribution in [-0.2, 0) is 13.5 Å². The Bertz CT molecular complexity index is 1890. The maximum Gasteiger partial charge on any atom is 0.267 e. The zero-order chi connectivity index (χ0) is 29.5. The third-order valence-corrected chi connectivity index (χ3v) is 6.47. The van der Waals surface area contributed by atoms with Crippen LogP contribution in [0.3, 0.4) is 0 Å². The standard InChI is InChI=1S/C21H16N4OS.C8H11N5O/c1-3-18-22-17-11-7-8-15(12-13-19-24-23-14(2)27-19)20(17)21(26)25(18)16-9-5-4-6-10-16;1-3-4-11-8-5(7(10)14)6(9)12-13(8)2/h4-11H,3H2,1-2H3;3-4H,1H2,2H3,(H2,9,12)(H2,10,14)/b;11-4-. The Morgan fingerprint density at radius 2 is 1.90 bits per heavy atom. The van der Waals surface area contributed by atoms with Gasteiger partial charge in [0.05, 0.1) is 16.6 Å². The number of nitrogens with two attached hydrogens (primary N) is 2. The lowest BCUT2D eigenvalue weighted by atomic mass is 10.1. The van der Waals surface area contributed by atoms with Crippen molar-refractivity contribution in [1.29, 1.82) is 0 Å². The molecule has 0 spiro atoms. The molecule has 5 rings (SSSR count). The Labute approximate surface area is 239 Å². The number of amides is 1. The summed E-state index contributed by atoms with van der Waals surface area (Å²) in [7, 11) is 1.62. The summed E-state index contributed by atoms with van der Waals surface area (Å²) in [6.07, 6.45) is 3.57. The number of anilines is 1. The van der Waals surface area contributed by atoms with Crippen molar-refractivity contribution in [3.63, 3.8) is 0 Å². The van der Waals surface area contributed by atoms with Crippen molar-refractivity contribution >= 4 is 46.0 Å². The molecule has 0 saturated heterocycles.